The van der Waals surface area contributed by atoms with Gasteiger partial charge in [0.25, 0.3) is 0 Å². The van der Waals surface area contributed by atoms with Gasteiger partial charge in [0, 0.05) is 5.56 Å². The first-order valence-corrected chi connectivity index (χ1v) is 14.6. The summed E-state index contributed by atoms with van der Waals surface area (Å²) < 4.78 is 4.56. The maximum atomic E-state index is 10.2. The number of rotatable bonds is 12. The van der Waals surface area contributed by atoms with Crippen LogP contribution >= 0.6 is 15.2 Å². The normalized spacial score (nSPS) is 12.8. The van der Waals surface area contributed by atoms with Crippen molar-refractivity contribution in [3.05, 3.63) is 23.7 Å². The molecule has 0 aliphatic carbocycles. The molecule has 154 valence electrons. The van der Waals surface area contributed by atoms with Crippen LogP contribution in [0.4, 0.5) is 0 Å². The van der Waals surface area contributed by atoms with Crippen LogP contribution in [0.2, 0.25) is 0 Å². The molecule has 1 aromatic rings. The average molecular weight is 406 g/mol. The Morgan fingerprint density at radius 3 is 1.73 bits per heavy atom. The number of carboxylic acids is 1. The van der Waals surface area contributed by atoms with Crippen molar-refractivity contribution in [2.75, 3.05) is 24.6 Å². The van der Waals surface area contributed by atoms with Crippen LogP contribution in [0.5, 0.6) is 0 Å². The van der Waals surface area contributed by atoms with Gasteiger partial charge in [0.2, 0.25) is 5.76 Å². The SMILES string of the molecule is CCCCP(P)(CC)(CCCC)CCCC.O=C(O)c1cc(CO)co1. The molecule has 4 nitrogen and oxygen atoms in total. The monoisotopic (exact) mass is 406 g/mol. The van der Waals surface area contributed by atoms with Gasteiger partial charge in [-0.1, -0.05) is 0 Å². The van der Waals surface area contributed by atoms with E-state index in [0.29, 0.717) is 5.56 Å². The smallest absolute Gasteiger partial charge is 0.371 e. The van der Waals surface area contributed by atoms with Gasteiger partial charge in [0.15, 0.2) is 0 Å². The van der Waals surface area contributed by atoms with E-state index in [1.807, 2.05) is 0 Å². The Morgan fingerprint density at radius 1 is 1.04 bits per heavy atom. The minimum Gasteiger partial charge on any atom is -0.475 e. The molecule has 1 heterocycles. The molecule has 0 spiro atoms. The van der Waals surface area contributed by atoms with Crippen LogP contribution in [0, 0.1) is 0 Å². The number of aromatic carboxylic acids is 1. The average Bonchev–Trinajstić information content (AvgIpc) is 3.14. The van der Waals surface area contributed by atoms with Crippen molar-refractivity contribution < 1.29 is 19.4 Å². The van der Waals surface area contributed by atoms with Crippen molar-refractivity contribution in [2.24, 2.45) is 0 Å². The van der Waals surface area contributed by atoms with Crippen molar-refractivity contribution in [2.45, 2.75) is 72.8 Å². The summed E-state index contributed by atoms with van der Waals surface area (Å²) in [5, 5.41) is 16.8. The number of hydrogen-bond acceptors (Lipinski definition) is 3. The van der Waals surface area contributed by atoms with Crippen LogP contribution in [-0.4, -0.2) is 40.8 Å². The van der Waals surface area contributed by atoms with E-state index >= 15 is 0 Å². The zero-order chi connectivity index (χ0) is 20.1. The summed E-state index contributed by atoms with van der Waals surface area (Å²) >= 11 is 0. The fraction of sp³-hybridized carbons (Fsp3) is 0.750. The molecule has 0 fully saturated rings. The summed E-state index contributed by atoms with van der Waals surface area (Å²) in [7, 11) is 3.43. The fourth-order valence-corrected chi connectivity index (χ4v) is 9.91. The molecule has 1 atom stereocenters. The summed E-state index contributed by atoms with van der Waals surface area (Å²) in [6, 6.07) is 1.28. The van der Waals surface area contributed by atoms with Gasteiger partial charge in [-0.05, 0) is 6.07 Å². The summed E-state index contributed by atoms with van der Waals surface area (Å²) in [6.07, 6.45) is 14.3. The van der Waals surface area contributed by atoms with Crippen LogP contribution in [0.3, 0.4) is 0 Å². The van der Waals surface area contributed by atoms with Crippen molar-refractivity contribution in [3.8, 4) is 0 Å². The first-order valence-electron chi connectivity index (χ1n) is 10.0. The minimum absolute atomic E-state index is 0.149. The Labute approximate surface area is 162 Å². The first kappa shape index (κ1) is 25.6. The topological polar surface area (TPSA) is 70.7 Å². The van der Waals surface area contributed by atoms with E-state index in [9.17, 15) is 4.79 Å². The number of carbonyl (C=O) groups is 1. The van der Waals surface area contributed by atoms with Crippen LogP contribution < -0.4 is 0 Å². The van der Waals surface area contributed by atoms with E-state index in [4.69, 9.17) is 10.2 Å². The molecule has 0 saturated carbocycles. The maximum Gasteiger partial charge on any atom is 0.371 e. The van der Waals surface area contributed by atoms with Gasteiger partial charge in [0.05, 0.1) is 12.9 Å². The van der Waals surface area contributed by atoms with Crippen molar-refractivity contribution in [3.63, 3.8) is 0 Å². The second-order valence-electron chi connectivity index (χ2n) is 7.40. The second-order valence-corrected chi connectivity index (χ2v) is 17.9. The molecule has 1 unspecified atom stereocenters. The third-order valence-corrected chi connectivity index (χ3v) is 14.9. The van der Waals surface area contributed by atoms with Gasteiger partial charge in [-0.15, -0.1) is 0 Å². The van der Waals surface area contributed by atoms with Crippen LogP contribution in [0.15, 0.2) is 16.7 Å². The summed E-state index contributed by atoms with van der Waals surface area (Å²) in [6.45, 7) is 9.26. The van der Waals surface area contributed by atoms with E-state index in [1.54, 1.807) is 0 Å². The van der Waals surface area contributed by atoms with Crippen LogP contribution in [-0.2, 0) is 6.61 Å². The molecule has 0 aromatic carbocycles. The molecule has 1 aromatic heterocycles. The predicted molar refractivity (Wildman–Crippen MR) is 118 cm³/mol. The minimum atomic E-state index is -1.39. The van der Waals surface area contributed by atoms with Gasteiger partial charge in [-0.3, -0.25) is 0 Å². The summed E-state index contributed by atoms with van der Waals surface area (Å²) in [5.74, 6) is -1.27. The molecule has 0 aliphatic rings. The van der Waals surface area contributed by atoms with Gasteiger partial charge in [-0.25, -0.2) is 4.79 Å². The van der Waals surface area contributed by atoms with Gasteiger partial charge < -0.3 is 14.6 Å². The number of unbranched alkanes of at least 4 members (excludes halogenated alkanes) is 3. The van der Waals surface area contributed by atoms with E-state index < -0.39 is 12.3 Å². The van der Waals surface area contributed by atoms with Crippen molar-refractivity contribution >= 4 is 21.2 Å². The van der Waals surface area contributed by atoms with Crippen LogP contribution in [0.1, 0.15) is 82.3 Å². The summed E-state index contributed by atoms with van der Waals surface area (Å²) in [5.41, 5.74) is 0.470. The van der Waals surface area contributed by atoms with E-state index in [1.165, 1.54) is 75.5 Å². The molecular weight excluding hydrogens is 366 g/mol. The standard InChI is InChI=1S/C14H34P2.C6H6O4/c1-5-9-12-16(15,8-4,13-10-6-2)14-11-7-3;7-2-4-1-5(6(8)9)10-3-4/h5-15H2,1-4H3;1,3,7H,2H2,(H,8,9). The molecular formula is C20H40O4P2. The number of hydrogen-bond donors (Lipinski definition) is 2. The first-order chi connectivity index (χ1) is 12.3. The molecule has 0 saturated heterocycles. The Morgan fingerprint density at radius 2 is 1.50 bits per heavy atom. The van der Waals surface area contributed by atoms with E-state index in [2.05, 4.69) is 41.0 Å². The van der Waals surface area contributed by atoms with Gasteiger partial charge in [0.1, 0.15) is 0 Å². The van der Waals surface area contributed by atoms with E-state index in [-0.39, 0.29) is 12.4 Å². The molecule has 2 N–H and O–H groups in total. The van der Waals surface area contributed by atoms with E-state index in [0.717, 1.165) is 0 Å². The van der Waals surface area contributed by atoms with Crippen molar-refractivity contribution in [1.82, 2.24) is 0 Å². The predicted octanol–water partition coefficient (Wildman–Crippen LogP) is 6.22. The zero-order valence-corrected chi connectivity index (χ0v) is 19.2. The summed E-state index contributed by atoms with van der Waals surface area (Å²) in [4.78, 5) is 10.2. The molecule has 26 heavy (non-hydrogen) atoms. The molecule has 6 heteroatoms. The number of carboxylic acid groups (broad SMARTS) is 1. The third kappa shape index (κ3) is 8.98. The molecule has 0 aliphatic heterocycles. The maximum absolute atomic E-state index is 10.2. The number of aliphatic hydroxyl groups excluding tert-OH is 1. The molecule has 1 rings (SSSR count). The number of aliphatic hydroxyl groups is 1. The largest absolute Gasteiger partial charge is 0.475 e. The Bertz CT molecular complexity index is 489. The molecule has 0 bridgehead atoms. The third-order valence-electron chi connectivity index (χ3n) is 5.25. The Kier molecular flexibility index (Phi) is 12.7. The quantitative estimate of drug-likeness (QED) is 0.404. The van der Waals surface area contributed by atoms with Crippen LogP contribution in [0.25, 0.3) is 0 Å². The molecule has 0 radical (unpaired) electrons. The van der Waals surface area contributed by atoms with Gasteiger partial charge >= 0.3 is 112 Å². The second kappa shape index (κ2) is 12.9. The Balaban J connectivity index is 0.000000531. The Hall–Kier alpha value is -0.430. The zero-order valence-electron chi connectivity index (χ0n) is 17.2. The van der Waals surface area contributed by atoms with Gasteiger partial charge in [-0.2, -0.15) is 0 Å². The van der Waals surface area contributed by atoms with Crippen molar-refractivity contribution in [1.29, 1.82) is 0 Å². The number of furan rings is 1. The fourth-order valence-electron chi connectivity index (χ4n) is 3.13. The molecule has 0 amide bonds.